The van der Waals surface area contributed by atoms with Crippen LogP contribution in [0.5, 0.6) is 0 Å². The molecule has 4 aromatic rings. The lowest BCUT2D eigenvalue weighted by Crippen LogP contribution is -2.38. The van der Waals surface area contributed by atoms with Crippen molar-refractivity contribution < 1.29 is 46.4 Å². The smallest absolute Gasteiger partial charge is 0.388 e. The zero-order chi connectivity index (χ0) is 30.5. The molecule has 4 aliphatic rings. The van der Waals surface area contributed by atoms with Crippen LogP contribution in [0, 0.1) is 11.3 Å². The van der Waals surface area contributed by atoms with Crippen molar-refractivity contribution in [2.75, 3.05) is 18.9 Å². The molecule has 0 aromatic carbocycles. The van der Waals surface area contributed by atoms with Crippen molar-refractivity contribution in [3.8, 4) is 0 Å². The number of aromatic nitrogens is 8. The lowest BCUT2D eigenvalue weighted by molar-refractivity contribution is -0.0556. The van der Waals surface area contributed by atoms with Crippen molar-refractivity contribution in [1.29, 1.82) is 0 Å². The van der Waals surface area contributed by atoms with Gasteiger partial charge in [0.2, 0.25) is 0 Å². The van der Waals surface area contributed by atoms with Crippen molar-refractivity contribution in [2.24, 2.45) is 11.3 Å². The number of alkyl halides is 1. The Hall–Kier alpha value is -3.19. The maximum Gasteiger partial charge on any atom is 0.472 e. The van der Waals surface area contributed by atoms with Crippen molar-refractivity contribution in [3.63, 3.8) is 0 Å². The lowest BCUT2D eigenvalue weighted by atomic mass is 10.0. The predicted octanol–water partition coefficient (Wildman–Crippen LogP) is 0.00640. The molecular weight excluding hydrogens is 631 g/mol. The van der Waals surface area contributed by atoms with Crippen LogP contribution in [0.3, 0.4) is 0 Å². The van der Waals surface area contributed by atoms with Gasteiger partial charge in [0.15, 0.2) is 35.0 Å². The number of halogens is 1. The summed E-state index contributed by atoms with van der Waals surface area (Å²) in [7, 11) is -8.32. The van der Waals surface area contributed by atoms with Crippen LogP contribution in [-0.2, 0) is 32.0 Å². The molecule has 8 rings (SSSR count). The second-order valence-corrected chi connectivity index (χ2v) is 13.5. The number of nitrogens with two attached hydrogens (primary N) is 1. The molecule has 1 spiro atoms. The largest absolute Gasteiger partial charge is 0.472 e. The van der Waals surface area contributed by atoms with E-state index in [1.54, 1.807) is 4.57 Å². The molecule has 234 valence electrons. The lowest BCUT2D eigenvalue weighted by Gasteiger charge is -2.30. The average molecular weight is 655 g/mol. The fraction of sp³-hybridized carbons (Fsp3) is 0.545. The summed E-state index contributed by atoms with van der Waals surface area (Å²) in [5, 5.41) is 11.4. The summed E-state index contributed by atoms with van der Waals surface area (Å²) in [6.45, 7) is -1.04. The highest BCUT2D eigenvalue weighted by molar-refractivity contribution is 7.47. The first-order valence-electron chi connectivity index (χ1n) is 13.4. The monoisotopic (exact) mass is 655 g/mol. The summed E-state index contributed by atoms with van der Waals surface area (Å²) >= 11 is 0. The van der Waals surface area contributed by atoms with Crippen LogP contribution in [0.2, 0.25) is 0 Å². The number of aliphatic hydroxyl groups is 1. The Morgan fingerprint density at radius 1 is 1.16 bits per heavy atom. The van der Waals surface area contributed by atoms with E-state index in [2.05, 4.69) is 29.9 Å². The number of nitrogen functional groups attached to an aromatic ring is 1. The van der Waals surface area contributed by atoms with Gasteiger partial charge in [-0.25, -0.2) is 33.9 Å². The number of H-pyrrole nitrogens is 1. The normalized spacial score (nSPS) is 40.7. The molecule has 0 amide bonds. The highest BCUT2D eigenvalue weighted by atomic mass is 31.2. The number of hydrogen-bond acceptors (Lipinski definition) is 15. The van der Waals surface area contributed by atoms with Crippen LogP contribution in [0.1, 0.15) is 18.7 Å². The zero-order valence-electron chi connectivity index (χ0n) is 22.2. The molecule has 2 aliphatic carbocycles. The number of imidazole rings is 2. The molecule has 2 saturated carbocycles. The van der Waals surface area contributed by atoms with Gasteiger partial charge < -0.3 is 39.1 Å². The second-order valence-electron chi connectivity index (χ2n) is 11.1. The third-order valence-corrected chi connectivity index (χ3v) is 10.6. The van der Waals surface area contributed by atoms with Crippen molar-refractivity contribution in [1.82, 2.24) is 39.0 Å². The first-order valence-corrected chi connectivity index (χ1v) is 16.1. The molecule has 4 fully saturated rings. The molecular formula is C22H24FN9O10P2. The van der Waals surface area contributed by atoms with Gasteiger partial charge in [-0.3, -0.25) is 23.0 Å². The predicted molar refractivity (Wildman–Crippen MR) is 143 cm³/mol. The van der Waals surface area contributed by atoms with Crippen molar-refractivity contribution in [2.45, 2.75) is 49.3 Å². The number of phosphoric acid groups is 1. The van der Waals surface area contributed by atoms with Gasteiger partial charge in [-0.15, -0.1) is 0 Å². The third kappa shape index (κ3) is 4.21. The van der Waals surface area contributed by atoms with Gasteiger partial charge in [0.05, 0.1) is 38.2 Å². The standard InChI is InChI=1S/C22H24FN9O10P2/c23-10-15-9(40-21(10)32-7-30-12-19(32)27-5-28-20(12)34)2-38-43(35)41-16-14(33)13(8-1-22(8,16)3-39-44(36,37)42-15)31-6-29-11-17(24)25-4-26-18(11)31/h4-10,13-16,21,33,43H,1-3H2,(H,36,37)(H2,24,25,26)(H,27,28,34). The van der Waals surface area contributed by atoms with E-state index in [9.17, 15) is 23.9 Å². The summed E-state index contributed by atoms with van der Waals surface area (Å²) < 4.78 is 72.5. The van der Waals surface area contributed by atoms with E-state index in [1.807, 2.05) is 0 Å². The quantitative estimate of drug-likeness (QED) is 0.207. The summed E-state index contributed by atoms with van der Waals surface area (Å²) in [6.07, 6.45) is -3.86. The van der Waals surface area contributed by atoms with Crippen molar-refractivity contribution in [3.05, 3.63) is 35.7 Å². The molecule has 22 heteroatoms. The Morgan fingerprint density at radius 3 is 2.77 bits per heavy atom. The molecule has 0 bridgehead atoms. The molecule has 2 aliphatic heterocycles. The van der Waals surface area contributed by atoms with Crippen LogP contribution < -0.4 is 11.3 Å². The van der Waals surface area contributed by atoms with Crippen LogP contribution >= 0.6 is 16.1 Å². The van der Waals surface area contributed by atoms with E-state index in [1.165, 1.54) is 12.7 Å². The number of rotatable bonds is 2. The Labute approximate surface area is 245 Å². The number of nitrogens with one attached hydrogen (secondary N) is 1. The number of hydrogen-bond donors (Lipinski definition) is 4. The summed E-state index contributed by atoms with van der Waals surface area (Å²) in [5.74, 6) is -0.248. The molecule has 6 heterocycles. The number of anilines is 1. The molecule has 2 saturated heterocycles. The zero-order valence-corrected chi connectivity index (χ0v) is 24.1. The Morgan fingerprint density at radius 2 is 1.93 bits per heavy atom. The van der Waals surface area contributed by atoms with E-state index >= 15 is 4.39 Å². The van der Waals surface area contributed by atoms with Crippen LogP contribution in [0.4, 0.5) is 10.2 Å². The first kappa shape index (κ1) is 28.3. The van der Waals surface area contributed by atoms with Gasteiger partial charge in [0, 0.05) is 5.41 Å². The van der Waals surface area contributed by atoms with E-state index in [0.29, 0.717) is 17.6 Å². The fourth-order valence-corrected chi connectivity index (χ4v) is 8.65. The van der Waals surface area contributed by atoms with Gasteiger partial charge in [-0.05, 0) is 12.3 Å². The molecule has 0 radical (unpaired) electrons. The minimum atomic E-state index is -4.96. The molecule has 11 atom stereocenters. The van der Waals surface area contributed by atoms with Gasteiger partial charge in [-0.2, -0.15) is 0 Å². The summed E-state index contributed by atoms with van der Waals surface area (Å²) in [6, 6.07) is -0.702. The van der Waals surface area contributed by atoms with Gasteiger partial charge in [0.1, 0.15) is 36.3 Å². The van der Waals surface area contributed by atoms with Gasteiger partial charge in [-0.1, -0.05) is 0 Å². The SMILES string of the molecule is Nc1ncnc2c1ncn2C1C(O)C2O[PH](=O)OCC3OC(n4cnc5c(=O)[nH]cnc54)C(F)C3OP(=O)(O)OCC23CC13. The van der Waals surface area contributed by atoms with E-state index in [4.69, 9.17) is 28.6 Å². The molecule has 5 N–H and O–H groups in total. The number of aliphatic hydroxyl groups excluding tert-OH is 1. The number of nitrogens with zero attached hydrogens (tertiary/aromatic N) is 7. The second kappa shape index (κ2) is 9.90. The Bertz CT molecular complexity index is 1920. The average Bonchev–Trinajstić information content (AvgIpc) is 3.28. The molecule has 11 unspecified atom stereocenters. The Kier molecular flexibility index (Phi) is 6.37. The summed E-state index contributed by atoms with van der Waals surface area (Å²) in [5.41, 5.74) is 4.86. The topological polar surface area (TPSA) is 254 Å². The van der Waals surface area contributed by atoms with Crippen LogP contribution in [0.25, 0.3) is 22.3 Å². The van der Waals surface area contributed by atoms with E-state index in [0.717, 1.165) is 17.2 Å². The van der Waals surface area contributed by atoms with E-state index < -0.39 is 83.1 Å². The van der Waals surface area contributed by atoms with Crippen molar-refractivity contribution >= 4 is 44.2 Å². The van der Waals surface area contributed by atoms with Crippen LogP contribution in [-0.4, -0.2) is 92.8 Å². The van der Waals surface area contributed by atoms with Gasteiger partial charge in [0.25, 0.3) is 5.56 Å². The summed E-state index contributed by atoms with van der Waals surface area (Å²) in [4.78, 5) is 45.5. The highest BCUT2D eigenvalue weighted by Crippen LogP contribution is 2.71. The fourth-order valence-electron chi connectivity index (χ4n) is 6.68. The number of phosphoric ester groups is 1. The van der Waals surface area contributed by atoms with Gasteiger partial charge >= 0.3 is 16.1 Å². The maximum atomic E-state index is 15.9. The maximum absolute atomic E-state index is 15.9. The minimum Gasteiger partial charge on any atom is -0.388 e. The highest BCUT2D eigenvalue weighted by Gasteiger charge is 2.73. The minimum absolute atomic E-state index is 0.00459. The molecule has 4 aromatic heterocycles. The van der Waals surface area contributed by atoms with Crippen LogP contribution in [0.15, 0.2) is 30.1 Å². The molecule has 44 heavy (non-hydrogen) atoms. The Balaban J connectivity index is 1.08. The van der Waals surface area contributed by atoms with E-state index in [-0.39, 0.29) is 22.9 Å². The molecule has 19 nitrogen and oxygen atoms in total. The third-order valence-electron chi connectivity index (χ3n) is 8.77. The number of ether oxygens (including phenoxy) is 1. The number of fused-ring (bicyclic) bond motifs is 3. The first-order chi connectivity index (χ1) is 21.1. The number of aromatic amines is 1.